The van der Waals surface area contributed by atoms with Crippen molar-refractivity contribution in [3.05, 3.63) is 110 Å². The van der Waals surface area contributed by atoms with Crippen LogP contribution in [0.1, 0.15) is 45.3 Å². The molecule has 1 aliphatic carbocycles. The number of carbonyl (C=O) groups excluding carboxylic acids is 3. The summed E-state index contributed by atoms with van der Waals surface area (Å²) in [5.41, 5.74) is 1.68. The molecular formula is C42H51N6O19P3S2+2. The number of rotatable bonds is 22. The van der Waals surface area contributed by atoms with E-state index in [1.165, 1.54) is 33.7 Å². The molecule has 2 amide bonds. The maximum absolute atomic E-state index is 13.5. The Morgan fingerprint density at radius 3 is 2.35 bits per heavy atom. The highest BCUT2D eigenvalue weighted by Gasteiger charge is 2.43. The molecule has 3 aliphatic rings. The van der Waals surface area contributed by atoms with Crippen LogP contribution in [-0.2, 0) is 36.4 Å². The van der Waals surface area contributed by atoms with Crippen molar-refractivity contribution in [1.29, 1.82) is 0 Å². The summed E-state index contributed by atoms with van der Waals surface area (Å²) in [6.45, 7) is 2.88. The predicted octanol–water partition coefficient (Wildman–Crippen LogP) is 2.34. The van der Waals surface area contributed by atoms with Gasteiger partial charge in [0.15, 0.2) is 0 Å². The van der Waals surface area contributed by atoms with Crippen molar-refractivity contribution in [2.24, 2.45) is 0 Å². The van der Waals surface area contributed by atoms with Gasteiger partial charge in [0.1, 0.15) is 43.3 Å². The summed E-state index contributed by atoms with van der Waals surface area (Å²) in [5, 5.41) is 25.7. The summed E-state index contributed by atoms with van der Waals surface area (Å²) in [7, 11) is -6.56. The summed E-state index contributed by atoms with van der Waals surface area (Å²) in [6, 6.07) is 16.0. The first-order chi connectivity index (χ1) is 33.7. The molecule has 1 aromatic heterocycles. The minimum absolute atomic E-state index is 0.0652. The number of phosphoric acid groups is 3. The molecule has 0 saturated carbocycles. The third-order valence-electron chi connectivity index (χ3n) is 10.7. The van der Waals surface area contributed by atoms with Crippen molar-refractivity contribution in [1.82, 2.24) is 24.8 Å². The lowest BCUT2D eigenvalue weighted by molar-refractivity contribution is -0.120. The van der Waals surface area contributed by atoms with Gasteiger partial charge >= 0.3 is 35.1 Å². The summed E-state index contributed by atoms with van der Waals surface area (Å²) in [4.78, 5) is 105. The Balaban J connectivity index is 0.988. The molecule has 0 bridgehead atoms. The Bertz CT molecular complexity index is 3230. The molecule has 3 heterocycles. The molecule has 1 fully saturated rings. The molecule has 3 unspecified atom stereocenters. The van der Waals surface area contributed by atoms with Gasteiger partial charge in [-0.15, -0.1) is 0 Å². The number of carbonyl (C=O) groups is 3. The summed E-state index contributed by atoms with van der Waals surface area (Å²) in [6.07, 6.45) is -3.42. The molecule has 25 nitrogen and oxygen atoms in total. The van der Waals surface area contributed by atoms with Gasteiger partial charge < -0.3 is 54.5 Å². The van der Waals surface area contributed by atoms with Crippen LogP contribution in [0.5, 0.6) is 0 Å². The van der Waals surface area contributed by atoms with Crippen LogP contribution in [0, 0.1) is 0 Å². The lowest BCUT2D eigenvalue weighted by atomic mass is 9.89. The van der Waals surface area contributed by atoms with Gasteiger partial charge in [0, 0.05) is 108 Å². The van der Waals surface area contributed by atoms with Gasteiger partial charge in [-0.05, 0) is 42.0 Å². The fourth-order valence-electron chi connectivity index (χ4n) is 7.21. The molecule has 3 aromatic rings. The number of ether oxygens (including phenoxy) is 1. The molecule has 2 aromatic carbocycles. The minimum Gasteiger partial charge on any atom is -0.561 e. The second kappa shape index (κ2) is 23.3. The second-order valence-corrected chi connectivity index (χ2v) is 23.4. The number of fused-ring (bicyclic) bond motifs is 2. The van der Waals surface area contributed by atoms with Crippen molar-refractivity contribution >= 4 is 85.1 Å². The highest BCUT2D eigenvalue weighted by atomic mass is 33.1. The van der Waals surface area contributed by atoms with Crippen LogP contribution in [0.25, 0.3) is 39.0 Å². The largest absolute Gasteiger partial charge is 0.561 e. The maximum Gasteiger partial charge on any atom is 0.549 e. The van der Waals surface area contributed by atoms with E-state index in [2.05, 4.69) is 35.3 Å². The monoisotopic (exact) mass is 1100 g/mol. The first-order valence-corrected chi connectivity index (χ1v) is 28.3. The van der Waals surface area contributed by atoms with Crippen LogP contribution in [0.15, 0.2) is 81.4 Å². The van der Waals surface area contributed by atoms with Crippen molar-refractivity contribution in [3.8, 4) is 22.5 Å². The maximum atomic E-state index is 13.5. The van der Waals surface area contributed by atoms with Gasteiger partial charge in [-0.1, -0.05) is 28.2 Å². The van der Waals surface area contributed by atoms with E-state index < -0.39 is 77.5 Å². The van der Waals surface area contributed by atoms with E-state index in [1.807, 2.05) is 74.1 Å². The van der Waals surface area contributed by atoms with Crippen molar-refractivity contribution < 1.29 is 80.2 Å². The van der Waals surface area contributed by atoms with Crippen LogP contribution in [0.2, 0.25) is 0 Å². The first-order valence-electron chi connectivity index (χ1n) is 21.3. The third-order valence-corrected chi connectivity index (χ3v) is 16.9. The number of hydrogen-bond donors (Lipinski definition) is 8. The Hall–Kier alpha value is -5.21. The van der Waals surface area contributed by atoms with E-state index in [0.29, 0.717) is 44.9 Å². The zero-order chi connectivity index (χ0) is 52.9. The van der Waals surface area contributed by atoms with E-state index in [1.54, 1.807) is 6.07 Å². The minimum atomic E-state index is -5.80. The zero-order valence-electron chi connectivity index (χ0n) is 38.7. The first kappa shape index (κ1) is 56.1. The number of phosphoric ester groups is 1. The number of hydrogen-bond acceptors (Lipinski definition) is 17. The average Bonchev–Trinajstić information content (AvgIpc) is 3.66. The fourth-order valence-corrected chi connectivity index (χ4v) is 12.1. The van der Waals surface area contributed by atoms with E-state index in [9.17, 15) is 52.6 Å². The number of aliphatic hydroxyl groups is 1. The SMILES string of the molecule is C=C(CNC(=O)CCSSCCNC(=O)c1ccc(C(=O)[OH2+])c(-c2c3ccc(=[N+](C)C)cc-3oc3cc(N(C)C)ccc23)c1)c1cn([C@H]2CC(O)[C@@H](COP(=O)(O)OP(=O)(O)OP(=O)(O)O)O2)c(=O)[nH]c1=O. The van der Waals surface area contributed by atoms with Crippen molar-refractivity contribution in [3.63, 3.8) is 0 Å². The predicted molar refractivity (Wildman–Crippen MR) is 267 cm³/mol. The van der Waals surface area contributed by atoms with Crippen LogP contribution >= 0.6 is 45.1 Å². The van der Waals surface area contributed by atoms with E-state index in [0.717, 1.165) is 21.8 Å². The van der Waals surface area contributed by atoms with Gasteiger partial charge in [0.2, 0.25) is 11.3 Å². The fraction of sp³-hybridized carbons (Fsp3) is 0.333. The molecule has 0 spiro atoms. The summed E-state index contributed by atoms with van der Waals surface area (Å²) in [5.74, 6) is -0.314. The number of aromatic nitrogens is 2. The Kier molecular flexibility index (Phi) is 18.2. The normalized spacial score (nSPS) is 17.5. The summed E-state index contributed by atoms with van der Waals surface area (Å²) >= 11 is 0. The number of aromatic amines is 1. The molecule has 388 valence electrons. The van der Waals surface area contributed by atoms with E-state index in [-0.39, 0.29) is 48.2 Å². The van der Waals surface area contributed by atoms with E-state index >= 15 is 0 Å². The van der Waals surface area contributed by atoms with Gasteiger partial charge in [0.05, 0.1) is 24.3 Å². The summed E-state index contributed by atoms with van der Waals surface area (Å²) < 4.78 is 61.1. The molecule has 72 heavy (non-hydrogen) atoms. The lowest BCUT2D eigenvalue weighted by Gasteiger charge is -2.19. The highest BCUT2D eigenvalue weighted by molar-refractivity contribution is 8.76. The number of H-pyrrole nitrogens is 1. The molecule has 0 radical (unpaired) electrons. The Morgan fingerprint density at radius 2 is 1.67 bits per heavy atom. The van der Waals surface area contributed by atoms with Crippen LogP contribution in [0.4, 0.5) is 5.69 Å². The smallest absolute Gasteiger partial charge is 0.549 e. The third kappa shape index (κ3) is 14.5. The number of nitrogens with zero attached hydrogens (tertiary/aromatic N) is 3. The molecule has 30 heteroatoms. The van der Waals surface area contributed by atoms with Crippen molar-refractivity contribution in [2.45, 2.75) is 31.3 Å². The van der Waals surface area contributed by atoms with E-state index in [4.69, 9.17) is 24.0 Å². The van der Waals surface area contributed by atoms with Gasteiger partial charge in [-0.3, -0.25) is 28.5 Å². The zero-order valence-corrected chi connectivity index (χ0v) is 43.0. The quantitative estimate of drug-likeness (QED) is 0.0123. The number of amides is 2. The van der Waals surface area contributed by atoms with Crippen LogP contribution in [-0.4, -0.2) is 129 Å². The highest BCUT2D eigenvalue weighted by Crippen LogP contribution is 2.66. The van der Waals surface area contributed by atoms with Crippen LogP contribution in [0.3, 0.4) is 0 Å². The molecule has 2 aliphatic heterocycles. The Labute approximate surface area is 416 Å². The Morgan fingerprint density at radius 1 is 0.944 bits per heavy atom. The van der Waals surface area contributed by atoms with Crippen LogP contribution < -0.4 is 36.7 Å². The average molecular weight is 1100 g/mol. The second-order valence-electron chi connectivity index (χ2n) is 16.3. The van der Waals surface area contributed by atoms with Crippen molar-refractivity contribution in [2.75, 3.05) is 64.3 Å². The van der Waals surface area contributed by atoms with Gasteiger partial charge in [-0.2, -0.15) is 8.62 Å². The van der Waals surface area contributed by atoms with Gasteiger partial charge in [0.25, 0.3) is 11.5 Å². The molecular weight excluding hydrogens is 1050 g/mol. The van der Waals surface area contributed by atoms with Gasteiger partial charge in [-0.25, -0.2) is 23.1 Å². The standard InChI is InChI=1S/C42H49N6O19P3S2/c1-23(31-21-48(42(55)45-40(31)52)37-19-32(49)35(65-37)22-63-69(59,60)67-70(61,62)66-68(56,57)58)20-44-36(50)12-14-71-72-15-13-43-39(51)24-6-9-27(41(53)54)30(16-24)38-28-10-7-25(46(2)3)17-33(28)64-34-18-26(47(4)5)8-11-29(34)38/h6-11,16-18,21,32,35,37,49H,1,12-15,19-20,22H2,2-5H3,(H7-,43,44,45,50,51,52,53,54,55,56,57,58,59,60,61,62)/p+2/t32?,35-,37-/m1/s1. The molecule has 1 saturated heterocycles. The molecule has 6 rings (SSSR count). The molecule has 10 N–H and O–H groups in total. The molecule has 5 atom stereocenters. The number of aliphatic hydroxyl groups excluding tert-OH is 1. The lowest BCUT2D eigenvalue weighted by Crippen LogP contribution is -2.35. The number of nitrogens with one attached hydrogen (secondary N) is 3. The topological polar surface area (TPSA) is 362 Å². The number of benzene rings is 3. The number of anilines is 1.